The molecule has 0 radical (unpaired) electrons. The van der Waals surface area contributed by atoms with E-state index in [4.69, 9.17) is 4.55 Å². The molecule has 0 saturated heterocycles. The zero-order chi connectivity index (χ0) is 8.36. The second-order valence-electron chi connectivity index (χ2n) is 1.76. The molecule has 4 nitrogen and oxygen atoms in total. The monoisotopic (exact) mass is 346 g/mol. The quantitative estimate of drug-likeness (QED) is 0.588. The summed E-state index contributed by atoms with van der Waals surface area (Å²) in [5.74, 6) is 0. The molecule has 0 saturated carbocycles. The molecular weight excluding hydrogens is 339 g/mol. The molecule has 0 bridgehead atoms. The van der Waals surface area contributed by atoms with Crippen molar-refractivity contribution in [3.63, 3.8) is 0 Å². The van der Waals surface area contributed by atoms with Crippen LogP contribution in [0.15, 0.2) is 9.72 Å². The van der Waals surface area contributed by atoms with Crippen molar-refractivity contribution >= 4 is 10.4 Å². The first-order valence-electron chi connectivity index (χ1n) is 2.29. The van der Waals surface area contributed by atoms with Gasteiger partial charge in [-0.3, -0.25) is 0 Å². The van der Waals surface area contributed by atoms with Crippen LogP contribution in [0, 0.1) is 0 Å². The van der Waals surface area contributed by atoms with E-state index in [2.05, 4.69) is 4.18 Å². The molecular formula is C4H7O4PtS. The molecule has 0 aliphatic carbocycles. The Bertz CT molecular complexity index is 236. The Morgan fingerprint density at radius 2 is 1.90 bits per heavy atom. The maximum atomic E-state index is 10.0. The normalized spacial score (nSPS) is 10.9. The number of allylic oxidation sites excluding steroid dienone is 1. The third-order valence-electron chi connectivity index (χ3n) is 0.536. The Morgan fingerprint density at radius 1 is 1.50 bits per heavy atom. The van der Waals surface area contributed by atoms with Gasteiger partial charge in [-0.15, -0.1) is 0 Å². The average Bonchev–Trinajstić information content (AvgIpc) is 1.60. The van der Waals surface area contributed by atoms with Gasteiger partial charge >= 0.3 is 70.9 Å². The number of rotatable bonds is 2. The van der Waals surface area contributed by atoms with Crippen molar-refractivity contribution in [3.05, 3.63) is 9.72 Å². The second-order valence-corrected chi connectivity index (χ2v) is 3.81. The topological polar surface area (TPSA) is 63.6 Å². The van der Waals surface area contributed by atoms with E-state index in [1.54, 1.807) is 33.7 Å². The first kappa shape index (κ1) is 10.1. The molecule has 0 aliphatic rings. The SMILES string of the molecule is CC(C)=[C]([Pt])OS(=O)(=O)O. The molecule has 0 rings (SSSR count). The van der Waals surface area contributed by atoms with Gasteiger partial charge in [0.1, 0.15) is 0 Å². The van der Waals surface area contributed by atoms with Gasteiger partial charge in [-0.05, 0) is 0 Å². The minimum absolute atomic E-state index is 0.169. The average molecular weight is 346 g/mol. The molecule has 0 fully saturated rings. The summed E-state index contributed by atoms with van der Waals surface area (Å²) in [6.07, 6.45) is 0. The van der Waals surface area contributed by atoms with E-state index >= 15 is 0 Å². The summed E-state index contributed by atoms with van der Waals surface area (Å²) in [6.45, 7) is 3.35. The third kappa shape index (κ3) is 4.97. The van der Waals surface area contributed by atoms with Gasteiger partial charge < -0.3 is 0 Å². The van der Waals surface area contributed by atoms with Crippen LogP contribution in [-0.2, 0) is 34.4 Å². The molecule has 0 spiro atoms. The predicted octanol–water partition coefficient (Wildman–Crippen LogP) is 0.604. The Labute approximate surface area is 71.1 Å². The molecule has 10 heavy (non-hydrogen) atoms. The molecule has 0 atom stereocenters. The van der Waals surface area contributed by atoms with Gasteiger partial charge in [-0.2, -0.15) is 0 Å². The Morgan fingerprint density at radius 3 is 2.00 bits per heavy atom. The summed E-state index contributed by atoms with van der Waals surface area (Å²) >= 11 is 1.66. The minimum atomic E-state index is -4.33. The summed E-state index contributed by atoms with van der Waals surface area (Å²) < 4.78 is 32.5. The standard InChI is InChI=1S/C4H7O4S.Pt/c1-4(2)3-8-9(5,6)7;/h1-2H3,(H,5,6,7);. The van der Waals surface area contributed by atoms with Gasteiger partial charge in [0, 0.05) is 0 Å². The van der Waals surface area contributed by atoms with Crippen molar-refractivity contribution in [3.8, 4) is 0 Å². The van der Waals surface area contributed by atoms with Gasteiger partial charge in [0.15, 0.2) is 0 Å². The molecule has 0 aromatic rings. The molecule has 6 heteroatoms. The Kier molecular flexibility index (Phi) is 3.55. The summed E-state index contributed by atoms with van der Waals surface area (Å²) in [7, 11) is -4.33. The first-order valence-corrected chi connectivity index (χ1v) is 4.80. The van der Waals surface area contributed by atoms with E-state index in [9.17, 15) is 8.42 Å². The van der Waals surface area contributed by atoms with E-state index in [1.165, 1.54) is 0 Å². The van der Waals surface area contributed by atoms with E-state index in [-0.39, 0.29) is 4.15 Å². The van der Waals surface area contributed by atoms with Crippen LogP contribution in [0.2, 0.25) is 0 Å². The van der Waals surface area contributed by atoms with Crippen LogP contribution in [0.5, 0.6) is 0 Å². The zero-order valence-electron chi connectivity index (χ0n) is 5.40. The molecule has 0 unspecified atom stereocenters. The summed E-state index contributed by atoms with van der Waals surface area (Å²) in [5, 5.41) is 0. The van der Waals surface area contributed by atoms with Crippen molar-refractivity contribution < 1.29 is 37.0 Å². The van der Waals surface area contributed by atoms with Crippen molar-refractivity contribution in [1.29, 1.82) is 0 Å². The van der Waals surface area contributed by atoms with Gasteiger partial charge in [-0.1, -0.05) is 0 Å². The van der Waals surface area contributed by atoms with Crippen molar-refractivity contribution in [1.82, 2.24) is 0 Å². The molecule has 63 valence electrons. The van der Waals surface area contributed by atoms with Crippen molar-refractivity contribution in [2.75, 3.05) is 0 Å². The van der Waals surface area contributed by atoms with Crippen molar-refractivity contribution in [2.45, 2.75) is 13.8 Å². The fourth-order valence-electron chi connectivity index (χ4n) is 0.169. The van der Waals surface area contributed by atoms with Gasteiger partial charge in [0.25, 0.3) is 0 Å². The van der Waals surface area contributed by atoms with Crippen LogP contribution in [0.3, 0.4) is 0 Å². The predicted molar refractivity (Wildman–Crippen MR) is 31.0 cm³/mol. The molecule has 0 aromatic carbocycles. The summed E-state index contributed by atoms with van der Waals surface area (Å²) in [4.78, 5) is 0. The summed E-state index contributed by atoms with van der Waals surface area (Å²) in [6, 6.07) is 0. The van der Waals surface area contributed by atoms with E-state index in [1.807, 2.05) is 0 Å². The molecule has 1 N–H and O–H groups in total. The maximum absolute atomic E-state index is 10.0. The molecule has 0 amide bonds. The third-order valence-corrected chi connectivity index (χ3v) is 2.59. The second kappa shape index (κ2) is 3.51. The van der Waals surface area contributed by atoms with Crippen LogP contribution in [0.1, 0.15) is 13.8 Å². The van der Waals surface area contributed by atoms with Crippen LogP contribution < -0.4 is 0 Å². The van der Waals surface area contributed by atoms with Gasteiger partial charge in [0.2, 0.25) is 0 Å². The van der Waals surface area contributed by atoms with Gasteiger partial charge in [-0.25, -0.2) is 0 Å². The van der Waals surface area contributed by atoms with E-state index in [0.717, 1.165) is 0 Å². The van der Waals surface area contributed by atoms with Crippen LogP contribution in [0.25, 0.3) is 0 Å². The van der Waals surface area contributed by atoms with Crippen LogP contribution in [0.4, 0.5) is 0 Å². The molecule has 0 aromatic heterocycles. The van der Waals surface area contributed by atoms with Crippen molar-refractivity contribution in [2.24, 2.45) is 0 Å². The first-order chi connectivity index (χ1) is 4.33. The Balaban J connectivity index is 4.35. The number of hydrogen-bond acceptors (Lipinski definition) is 3. The zero-order valence-corrected chi connectivity index (χ0v) is 8.49. The fourth-order valence-corrected chi connectivity index (χ4v) is 1.23. The summed E-state index contributed by atoms with van der Waals surface area (Å²) in [5.41, 5.74) is 0.694. The number of hydrogen-bond donors (Lipinski definition) is 1. The Hall–Kier alpha value is 0.138. The molecule has 0 heterocycles. The van der Waals surface area contributed by atoms with E-state index in [0.29, 0.717) is 5.57 Å². The van der Waals surface area contributed by atoms with E-state index < -0.39 is 10.4 Å². The van der Waals surface area contributed by atoms with Gasteiger partial charge in [0.05, 0.1) is 0 Å². The van der Waals surface area contributed by atoms with Crippen LogP contribution >= 0.6 is 0 Å². The molecule has 0 aliphatic heterocycles. The van der Waals surface area contributed by atoms with Crippen LogP contribution in [-0.4, -0.2) is 13.0 Å². The fraction of sp³-hybridized carbons (Fsp3) is 0.500.